The van der Waals surface area contributed by atoms with Gasteiger partial charge in [0.2, 0.25) is 11.8 Å². The summed E-state index contributed by atoms with van der Waals surface area (Å²) >= 11 is 0. The molecule has 2 amide bonds. The lowest BCUT2D eigenvalue weighted by Gasteiger charge is -2.27. The van der Waals surface area contributed by atoms with Crippen LogP contribution in [0.1, 0.15) is 31.2 Å². The zero-order valence-corrected chi connectivity index (χ0v) is 13.7. The van der Waals surface area contributed by atoms with E-state index in [-0.39, 0.29) is 17.7 Å². The van der Waals surface area contributed by atoms with E-state index in [1.165, 1.54) is 6.08 Å². The van der Waals surface area contributed by atoms with Crippen molar-refractivity contribution in [1.82, 2.24) is 10.8 Å². The zero-order valence-electron chi connectivity index (χ0n) is 13.7. The molecule has 1 aromatic carbocycles. The molecule has 0 atom stereocenters. The molecule has 0 aromatic heterocycles. The van der Waals surface area contributed by atoms with Gasteiger partial charge in [-0.25, -0.2) is 5.48 Å². The van der Waals surface area contributed by atoms with E-state index in [0.717, 1.165) is 31.2 Å². The molecule has 2 rings (SSSR count). The zero-order chi connectivity index (χ0) is 17.2. The van der Waals surface area contributed by atoms with E-state index in [4.69, 9.17) is 5.21 Å². The second kappa shape index (κ2) is 9.67. The maximum Gasteiger partial charge on any atom is 0.246 e. The molecule has 128 valence electrons. The Morgan fingerprint density at radius 3 is 2.46 bits per heavy atom. The van der Waals surface area contributed by atoms with Gasteiger partial charge in [0.1, 0.15) is 0 Å². The number of carbonyl (C=O) groups excluding carboxylic acids is 2. The fourth-order valence-electron chi connectivity index (χ4n) is 2.90. The molecule has 0 radical (unpaired) electrons. The van der Waals surface area contributed by atoms with Crippen LogP contribution in [0.4, 0.5) is 0 Å². The molecule has 1 saturated carbocycles. The van der Waals surface area contributed by atoms with E-state index in [0.29, 0.717) is 12.5 Å². The molecular weight excluding hydrogens is 304 g/mol. The monoisotopic (exact) mass is 328 g/mol. The predicted octanol–water partition coefficient (Wildman–Crippen LogP) is 2.68. The first-order chi connectivity index (χ1) is 11.7. The van der Waals surface area contributed by atoms with Crippen LogP contribution in [0, 0.1) is 11.8 Å². The fraction of sp³-hybridized carbons (Fsp3) is 0.368. The van der Waals surface area contributed by atoms with E-state index in [9.17, 15) is 9.59 Å². The first kappa shape index (κ1) is 17.9. The number of amides is 2. The molecule has 5 nitrogen and oxygen atoms in total. The second-order valence-electron chi connectivity index (χ2n) is 6.07. The van der Waals surface area contributed by atoms with Crippen LogP contribution in [-0.4, -0.2) is 23.6 Å². The average molecular weight is 328 g/mol. The molecule has 0 unspecified atom stereocenters. The highest BCUT2D eigenvalue weighted by Gasteiger charge is 2.25. The maximum atomic E-state index is 11.8. The SMILES string of the molecule is O=C(/C=C/C=C/c1ccccc1)NC[C@H]1CC[C@H](C(=O)NO)CC1. The van der Waals surface area contributed by atoms with E-state index in [2.05, 4.69) is 5.32 Å². The minimum absolute atomic E-state index is 0.107. The van der Waals surface area contributed by atoms with Crippen molar-refractivity contribution in [1.29, 1.82) is 0 Å². The van der Waals surface area contributed by atoms with Crippen LogP contribution in [0.2, 0.25) is 0 Å². The lowest BCUT2D eigenvalue weighted by molar-refractivity contribution is -0.134. The van der Waals surface area contributed by atoms with Crippen LogP contribution in [0.5, 0.6) is 0 Å². The van der Waals surface area contributed by atoms with Crippen molar-refractivity contribution in [3.8, 4) is 0 Å². The quantitative estimate of drug-likeness (QED) is 0.325. The van der Waals surface area contributed by atoms with Gasteiger partial charge in [-0.15, -0.1) is 0 Å². The lowest BCUT2D eigenvalue weighted by Crippen LogP contribution is -2.34. The van der Waals surface area contributed by atoms with Gasteiger partial charge < -0.3 is 5.32 Å². The Balaban J connectivity index is 1.66. The Bertz CT molecular complexity index is 588. The van der Waals surface area contributed by atoms with E-state index < -0.39 is 0 Å². The molecule has 5 heteroatoms. The minimum atomic E-state index is -0.300. The summed E-state index contributed by atoms with van der Waals surface area (Å²) < 4.78 is 0. The molecule has 0 bridgehead atoms. The largest absolute Gasteiger partial charge is 0.352 e. The van der Waals surface area contributed by atoms with E-state index in [1.807, 2.05) is 42.5 Å². The lowest BCUT2D eigenvalue weighted by atomic mass is 9.81. The number of hydrogen-bond donors (Lipinski definition) is 3. The molecule has 0 heterocycles. The Kier molecular flexibility index (Phi) is 7.23. The van der Waals surface area contributed by atoms with Gasteiger partial charge in [0, 0.05) is 18.5 Å². The number of allylic oxidation sites excluding steroid dienone is 2. The summed E-state index contributed by atoms with van der Waals surface area (Å²) in [5.41, 5.74) is 2.81. The van der Waals surface area contributed by atoms with E-state index >= 15 is 0 Å². The van der Waals surface area contributed by atoms with Crippen molar-refractivity contribution in [2.24, 2.45) is 11.8 Å². The molecule has 1 aliphatic rings. The van der Waals surface area contributed by atoms with Gasteiger partial charge in [0.25, 0.3) is 0 Å². The Morgan fingerprint density at radius 1 is 1.08 bits per heavy atom. The topological polar surface area (TPSA) is 78.4 Å². The van der Waals surface area contributed by atoms with Gasteiger partial charge in [-0.3, -0.25) is 14.8 Å². The molecule has 0 aliphatic heterocycles. The van der Waals surface area contributed by atoms with Gasteiger partial charge in [-0.2, -0.15) is 0 Å². The molecule has 1 aliphatic carbocycles. The van der Waals surface area contributed by atoms with Crippen LogP contribution in [0.15, 0.2) is 48.6 Å². The predicted molar refractivity (Wildman–Crippen MR) is 93.0 cm³/mol. The van der Waals surface area contributed by atoms with Crippen LogP contribution >= 0.6 is 0 Å². The van der Waals surface area contributed by atoms with Gasteiger partial charge in [-0.1, -0.05) is 48.6 Å². The van der Waals surface area contributed by atoms with Crippen molar-refractivity contribution in [2.45, 2.75) is 25.7 Å². The number of rotatable bonds is 6. The van der Waals surface area contributed by atoms with Gasteiger partial charge in [0.05, 0.1) is 0 Å². The number of carbonyl (C=O) groups is 2. The fourth-order valence-corrected chi connectivity index (χ4v) is 2.90. The summed E-state index contributed by atoms with van der Waals surface area (Å²) in [6.45, 7) is 0.624. The molecule has 24 heavy (non-hydrogen) atoms. The standard InChI is InChI=1S/C19H24N2O3/c22-18(9-5-4-8-15-6-2-1-3-7-15)20-14-16-10-12-17(13-11-16)19(23)21-24/h1-9,16-17,24H,10-14H2,(H,20,22)(H,21,23)/b8-4+,9-5+/t16-,17-. The van der Waals surface area contributed by atoms with E-state index in [1.54, 1.807) is 11.6 Å². The second-order valence-corrected chi connectivity index (χ2v) is 6.07. The number of nitrogens with one attached hydrogen (secondary N) is 2. The van der Waals surface area contributed by atoms with Crippen LogP contribution in [0.3, 0.4) is 0 Å². The first-order valence-corrected chi connectivity index (χ1v) is 8.30. The normalized spacial score (nSPS) is 21.0. The van der Waals surface area contributed by atoms with Gasteiger partial charge in [0.15, 0.2) is 0 Å². The highest BCUT2D eigenvalue weighted by Crippen LogP contribution is 2.28. The highest BCUT2D eigenvalue weighted by molar-refractivity contribution is 5.87. The molecule has 1 aromatic rings. The van der Waals surface area contributed by atoms with Crippen LogP contribution in [-0.2, 0) is 9.59 Å². The molecular formula is C19H24N2O3. The van der Waals surface area contributed by atoms with Gasteiger partial charge in [-0.05, 0) is 37.2 Å². The summed E-state index contributed by atoms with van der Waals surface area (Å²) in [5.74, 6) is -0.122. The summed E-state index contributed by atoms with van der Waals surface area (Å²) in [6.07, 6.45) is 10.3. The number of hydroxylamine groups is 1. The highest BCUT2D eigenvalue weighted by atomic mass is 16.5. The van der Waals surface area contributed by atoms with Crippen molar-refractivity contribution in [3.63, 3.8) is 0 Å². The maximum absolute atomic E-state index is 11.8. The van der Waals surface area contributed by atoms with Crippen molar-refractivity contribution >= 4 is 17.9 Å². The van der Waals surface area contributed by atoms with Crippen LogP contribution in [0.25, 0.3) is 6.08 Å². The van der Waals surface area contributed by atoms with Crippen molar-refractivity contribution in [2.75, 3.05) is 6.54 Å². The summed E-state index contributed by atoms with van der Waals surface area (Å²) in [4.78, 5) is 23.1. The molecule has 0 saturated heterocycles. The third kappa shape index (κ3) is 6.01. The van der Waals surface area contributed by atoms with Crippen molar-refractivity contribution in [3.05, 3.63) is 54.1 Å². The number of benzene rings is 1. The molecule has 1 fully saturated rings. The Morgan fingerprint density at radius 2 is 1.79 bits per heavy atom. The Labute approximate surface area is 142 Å². The number of hydrogen-bond acceptors (Lipinski definition) is 3. The third-order valence-corrected chi connectivity index (χ3v) is 4.34. The van der Waals surface area contributed by atoms with Crippen molar-refractivity contribution < 1.29 is 14.8 Å². The summed E-state index contributed by atoms with van der Waals surface area (Å²) in [6, 6.07) is 9.89. The third-order valence-electron chi connectivity index (χ3n) is 4.34. The molecule has 0 spiro atoms. The summed E-state index contributed by atoms with van der Waals surface area (Å²) in [5, 5.41) is 11.5. The molecule has 3 N–H and O–H groups in total. The summed E-state index contributed by atoms with van der Waals surface area (Å²) in [7, 11) is 0. The van der Waals surface area contributed by atoms with Gasteiger partial charge >= 0.3 is 0 Å². The Hall–Kier alpha value is -2.40. The smallest absolute Gasteiger partial charge is 0.246 e. The average Bonchev–Trinajstić information content (AvgIpc) is 2.64. The minimum Gasteiger partial charge on any atom is -0.352 e. The van der Waals surface area contributed by atoms with Crippen LogP contribution < -0.4 is 10.8 Å². The first-order valence-electron chi connectivity index (χ1n) is 8.30.